The molecule has 5 aliphatic rings. The normalized spacial score (nSPS) is 36.5. The van der Waals surface area contributed by atoms with Gasteiger partial charge in [0, 0.05) is 11.8 Å². The first-order valence-electron chi connectivity index (χ1n) is 13.8. The van der Waals surface area contributed by atoms with Gasteiger partial charge in [-0.05, 0) is 47.9 Å². The van der Waals surface area contributed by atoms with Crippen molar-refractivity contribution < 1.29 is 62.7 Å². The SMILES string of the molecule is COc1cc([C@@H]2c3cc4c(cc3[C@H](O[C@@H]3O[C@@H]5COC(C)O[C@H]5[C@H](O)[C@H]3O)[C@H]3COC(=O)[C@@H]23)OCO4)cc(OC)c1O. The fourth-order valence-corrected chi connectivity index (χ4v) is 6.74. The van der Waals surface area contributed by atoms with Gasteiger partial charge in [-0.2, -0.15) is 0 Å². The third-order valence-corrected chi connectivity index (χ3v) is 8.75. The van der Waals surface area contributed by atoms with Crippen LogP contribution in [-0.4, -0.2) is 92.5 Å². The van der Waals surface area contributed by atoms with Gasteiger partial charge in [-0.3, -0.25) is 4.79 Å². The molecule has 3 fully saturated rings. The number of rotatable bonds is 5. The summed E-state index contributed by atoms with van der Waals surface area (Å²) >= 11 is 0. The lowest BCUT2D eigenvalue weighted by Gasteiger charge is -2.47. The lowest BCUT2D eigenvalue weighted by molar-refractivity contribution is -0.364. The van der Waals surface area contributed by atoms with Crippen LogP contribution in [0.4, 0.5) is 0 Å². The van der Waals surface area contributed by atoms with Gasteiger partial charge in [0.25, 0.3) is 0 Å². The van der Waals surface area contributed by atoms with Gasteiger partial charge >= 0.3 is 5.97 Å². The number of benzene rings is 2. The number of hydrogen-bond acceptors (Lipinski definition) is 13. The van der Waals surface area contributed by atoms with Crippen molar-refractivity contribution in [2.24, 2.45) is 11.8 Å². The summed E-state index contributed by atoms with van der Waals surface area (Å²) in [6.45, 7) is 1.93. The first kappa shape index (κ1) is 27.5. The first-order chi connectivity index (χ1) is 20.3. The van der Waals surface area contributed by atoms with Crippen LogP contribution in [0.3, 0.4) is 0 Å². The average molecular weight is 589 g/mol. The van der Waals surface area contributed by atoms with Crippen LogP contribution in [-0.2, 0) is 28.5 Å². The molecule has 10 atom stereocenters. The van der Waals surface area contributed by atoms with E-state index < -0.39 is 66.8 Å². The maximum Gasteiger partial charge on any atom is 0.310 e. The fourth-order valence-electron chi connectivity index (χ4n) is 6.74. The molecule has 13 nitrogen and oxygen atoms in total. The molecule has 2 aromatic rings. The van der Waals surface area contributed by atoms with Crippen LogP contribution in [0.1, 0.15) is 35.6 Å². The van der Waals surface area contributed by atoms with E-state index in [1.165, 1.54) is 14.2 Å². The van der Waals surface area contributed by atoms with Crippen LogP contribution in [0.2, 0.25) is 0 Å². The molecule has 1 aliphatic carbocycles. The Hall–Kier alpha value is -3.33. The Kier molecular flexibility index (Phi) is 6.83. The van der Waals surface area contributed by atoms with E-state index in [1.807, 2.05) is 0 Å². The van der Waals surface area contributed by atoms with Gasteiger partial charge < -0.3 is 58.0 Å². The molecule has 226 valence electrons. The molecule has 1 unspecified atom stereocenters. The number of ether oxygens (including phenoxy) is 9. The van der Waals surface area contributed by atoms with E-state index in [0.717, 1.165) is 0 Å². The van der Waals surface area contributed by atoms with Crippen molar-refractivity contribution in [3.05, 3.63) is 41.0 Å². The van der Waals surface area contributed by atoms with Gasteiger partial charge in [0.15, 0.2) is 35.6 Å². The predicted molar refractivity (Wildman–Crippen MR) is 138 cm³/mol. The maximum atomic E-state index is 13.4. The van der Waals surface area contributed by atoms with Crippen LogP contribution < -0.4 is 18.9 Å². The average Bonchev–Trinajstić information content (AvgIpc) is 3.61. The Balaban J connectivity index is 1.32. The molecule has 7 rings (SSSR count). The van der Waals surface area contributed by atoms with E-state index in [4.69, 9.17) is 42.6 Å². The van der Waals surface area contributed by atoms with Crippen LogP contribution in [0, 0.1) is 11.8 Å². The van der Waals surface area contributed by atoms with E-state index in [2.05, 4.69) is 0 Å². The van der Waals surface area contributed by atoms with Crippen LogP contribution in [0.25, 0.3) is 0 Å². The number of phenols is 1. The number of carbonyl (C=O) groups excluding carboxylic acids is 1. The Morgan fingerprint density at radius 1 is 0.881 bits per heavy atom. The van der Waals surface area contributed by atoms with E-state index in [-0.39, 0.29) is 37.3 Å². The highest BCUT2D eigenvalue weighted by Crippen LogP contribution is 2.57. The van der Waals surface area contributed by atoms with Gasteiger partial charge in [0.05, 0.1) is 39.5 Å². The summed E-state index contributed by atoms with van der Waals surface area (Å²) in [6.07, 6.45) is -6.80. The van der Waals surface area contributed by atoms with Crippen LogP contribution in [0.5, 0.6) is 28.7 Å². The number of carbonyl (C=O) groups is 1. The molecule has 0 amide bonds. The number of esters is 1. The van der Waals surface area contributed by atoms with Gasteiger partial charge in [0.2, 0.25) is 12.5 Å². The topological polar surface area (TPSA) is 161 Å². The summed E-state index contributed by atoms with van der Waals surface area (Å²) in [6, 6.07) is 6.93. The van der Waals surface area contributed by atoms with Gasteiger partial charge in [-0.25, -0.2) is 0 Å². The van der Waals surface area contributed by atoms with E-state index >= 15 is 0 Å². The Morgan fingerprint density at radius 3 is 2.26 bits per heavy atom. The maximum absolute atomic E-state index is 13.4. The quantitative estimate of drug-likeness (QED) is 0.430. The van der Waals surface area contributed by atoms with Gasteiger partial charge in [-0.15, -0.1) is 0 Å². The highest BCUT2D eigenvalue weighted by molar-refractivity contribution is 5.79. The van der Waals surface area contributed by atoms with Crippen molar-refractivity contribution in [2.75, 3.05) is 34.2 Å². The smallest absolute Gasteiger partial charge is 0.310 e. The molecule has 0 aromatic heterocycles. The summed E-state index contributed by atoms with van der Waals surface area (Å²) in [5, 5.41) is 32.5. The van der Waals surface area contributed by atoms with Crippen molar-refractivity contribution in [2.45, 2.75) is 55.9 Å². The number of aliphatic hydroxyl groups is 2. The molecule has 0 radical (unpaired) electrons. The largest absolute Gasteiger partial charge is 0.502 e. The van der Waals surface area contributed by atoms with Crippen LogP contribution >= 0.6 is 0 Å². The summed E-state index contributed by atoms with van der Waals surface area (Å²) in [5.74, 6) is -1.02. The highest BCUT2D eigenvalue weighted by Gasteiger charge is 2.56. The summed E-state index contributed by atoms with van der Waals surface area (Å²) in [5.41, 5.74) is 2.01. The van der Waals surface area contributed by atoms with Gasteiger partial charge in [0.1, 0.15) is 24.4 Å². The zero-order valence-corrected chi connectivity index (χ0v) is 23.1. The van der Waals surface area contributed by atoms with Gasteiger partial charge in [-0.1, -0.05) is 0 Å². The molecule has 0 bridgehead atoms. The Morgan fingerprint density at radius 2 is 1.57 bits per heavy atom. The molecule has 42 heavy (non-hydrogen) atoms. The lowest BCUT2D eigenvalue weighted by atomic mass is 9.66. The van der Waals surface area contributed by atoms with Crippen LogP contribution in [0.15, 0.2) is 24.3 Å². The van der Waals surface area contributed by atoms with Crippen molar-refractivity contribution in [3.8, 4) is 28.7 Å². The molecule has 4 heterocycles. The van der Waals surface area contributed by atoms with E-state index in [0.29, 0.717) is 28.2 Å². The van der Waals surface area contributed by atoms with Crippen molar-refractivity contribution >= 4 is 5.97 Å². The molecule has 2 aromatic carbocycles. The van der Waals surface area contributed by atoms with Crippen molar-refractivity contribution in [3.63, 3.8) is 0 Å². The lowest BCUT2D eigenvalue weighted by Crippen LogP contribution is -2.63. The highest BCUT2D eigenvalue weighted by atomic mass is 16.8. The Labute approximate surface area is 240 Å². The number of aliphatic hydroxyl groups excluding tert-OH is 2. The number of fused-ring (bicyclic) bond motifs is 4. The monoisotopic (exact) mass is 588 g/mol. The minimum Gasteiger partial charge on any atom is -0.502 e. The summed E-state index contributed by atoms with van der Waals surface area (Å²) in [4.78, 5) is 13.4. The predicted octanol–water partition coefficient (Wildman–Crippen LogP) is 1.34. The summed E-state index contributed by atoms with van der Waals surface area (Å²) < 4.78 is 51.5. The minimum atomic E-state index is -1.44. The minimum absolute atomic E-state index is 0.0301. The van der Waals surface area contributed by atoms with E-state index in [1.54, 1.807) is 31.2 Å². The molecule has 4 aliphatic heterocycles. The number of methoxy groups -OCH3 is 2. The number of cyclic esters (lactones) is 1. The second kappa shape index (κ2) is 10.4. The zero-order chi connectivity index (χ0) is 29.3. The summed E-state index contributed by atoms with van der Waals surface area (Å²) in [7, 11) is 2.86. The molecule has 0 spiro atoms. The number of hydrogen-bond donors (Lipinski definition) is 3. The molecule has 0 saturated carbocycles. The fraction of sp³-hybridized carbons (Fsp3) is 0.552. The second-order valence-corrected chi connectivity index (χ2v) is 11.0. The molecule has 3 N–H and O–H groups in total. The zero-order valence-electron chi connectivity index (χ0n) is 23.1. The number of phenolic OH excluding ortho intramolecular Hbond substituents is 1. The Bertz CT molecular complexity index is 1350. The third kappa shape index (κ3) is 4.26. The standard InChI is InChI=1S/C29H32O13/c1-11-36-9-20-27(40-11)24(31)25(32)29(41-20)42-26-14-7-17-16(38-10-39-17)6-13(14)21(22-15(26)8-37-28(22)33)12-4-18(34-2)23(30)19(5-12)35-3/h4-7,11,15,20-22,24-27,29-32H,8-10H2,1-3H3/t11?,15-,20+,21+,22+,24+,25+,26-,27+,29-/m0/s1. The van der Waals surface area contributed by atoms with E-state index in [9.17, 15) is 20.1 Å². The molecule has 13 heteroatoms. The van der Waals surface area contributed by atoms with Crippen molar-refractivity contribution in [1.29, 1.82) is 0 Å². The third-order valence-electron chi connectivity index (χ3n) is 8.75. The second-order valence-electron chi connectivity index (χ2n) is 11.0. The molecular formula is C29H32O13. The molecular weight excluding hydrogens is 556 g/mol. The number of aromatic hydroxyl groups is 1. The molecule has 3 saturated heterocycles. The van der Waals surface area contributed by atoms with Crippen molar-refractivity contribution in [1.82, 2.24) is 0 Å². The first-order valence-corrected chi connectivity index (χ1v) is 13.8.